The van der Waals surface area contributed by atoms with Gasteiger partial charge in [-0.3, -0.25) is 9.59 Å². The Morgan fingerprint density at radius 3 is 2.48 bits per heavy atom. The highest BCUT2D eigenvalue weighted by Gasteiger charge is 2.22. The van der Waals surface area contributed by atoms with Crippen LogP contribution < -0.4 is 15.0 Å². The van der Waals surface area contributed by atoms with Crippen LogP contribution in [0.4, 0.5) is 5.69 Å². The molecule has 0 aromatic heterocycles. The Kier molecular flexibility index (Phi) is 6.29. The zero-order valence-electron chi connectivity index (χ0n) is 17.3. The first-order valence-electron chi connectivity index (χ1n) is 9.68. The number of fused-ring (bicyclic) bond motifs is 1. The van der Waals surface area contributed by atoms with Crippen molar-refractivity contribution in [1.29, 1.82) is 0 Å². The Balaban J connectivity index is 1.67. The summed E-state index contributed by atoms with van der Waals surface area (Å²) in [5.41, 5.74) is 2.39. The maximum absolute atomic E-state index is 12.7. The first kappa shape index (κ1) is 20.6. The van der Waals surface area contributed by atoms with Crippen molar-refractivity contribution in [2.75, 3.05) is 19.5 Å². The highest BCUT2D eigenvalue weighted by Crippen LogP contribution is 2.21. The molecule has 5 heteroatoms. The van der Waals surface area contributed by atoms with Gasteiger partial charge in [-0.05, 0) is 55.0 Å². The van der Waals surface area contributed by atoms with E-state index in [-0.39, 0.29) is 17.7 Å². The third-order valence-corrected chi connectivity index (χ3v) is 5.26. The van der Waals surface area contributed by atoms with Crippen molar-refractivity contribution in [1.82, 2.24) is 0 Å². The van der Waals surface area contributed by atoms with Crippen molar-refractivity contribution in [2.45, 2.75) is 26.4 Å². The summed E-state index contributed by atoms with van der Waals surface area (Å²) < 4.78 is 5.28. The van der Waals surface area contributed by atoms with Gasteiger partial charge in [0.1, 0.15) is 12.3 Å². The number of anilines is 1. The molecule has 0 saturated carbocycles. The monoisotopic (exact) mass is 391 g/mol. The molecule has 29 heavy (non-hydrogen) atoms. The number of Topliss-reactive ketones (excluding diaryl/α,β-unsaturated/α-hetero) is 1. The third-order valence-electron chi connectivity index (χ3n) is 5.26. The van der Waals surface area contributed by atoms with Crippen LogP contribution in [0.5, 0.6) is 5.75 Å². The lowest BCUT2D eigenvalue weighted by molar-refractivity contribution is -0.907. The molecule has 0 aliphatic carbocycles. The molecule has 0 fully saturated rings. The summed E-state index contributed by atoms with van der Waals surface area (Å²) >= 11 is 0. The lowest BCUT2D eigenvalue weighted by atomic mass is 10.1. The van der Waals surface area contributed by atoms with Gasteiger partial charge >= 0.3 is 0 Å². The van der Waals surface area contributed by atoms with E-state index in [2.05, 4.69) is 23.5 Å². The van der Waals surface area contributed by atoms with E-state index in [9.17, 15) is 9.59 Å². The Bertz CT molecular complexity index is 1050. The first-order valence-corrected chi connectivity index (χ1v) is 9.68. The fraction of sp³-hybridized carbons (Fsp3) is 0.250. The van der Waals surface area contributed by atoms with Gasteiger partial charge in [-0.25, -0.2) is 0 Å². The molecule has 3 rings (SSSR count). The van der Waals surface area contributed by atoms with Crippen LogP contribution in [0, 0.1) is 0 Å². The number of hydrogen-bond donors (Lipinski definition) is 2. The molecule has 0 heterocycles. The van der Waals surface area contributed by atoms with Gasteiger partial charge in [0.05, 0.1) is 14.2 Å². The lowest BCUT2D eigenvalue weighted by Crippen LogP contribution is -3.12. The van der Waals surface area contributed by atoms with E-state index in [1.807, 2.05) is 32.2 Å². The Hall–Kier alpha value is -3.18. The van der Waals surface area contributed by atoms with E-state index in [1.54, 1.807) is 31.4 Å². The molecule has 0 bridgehead atoms. The summed E-state index contributed by atoms with van der Waals surface area (Å²) in [5.74, 6) is 0.742. The number of carbonyl (C=O) groups excluding carboxylic acids is 2. The van der Waals surface area contributed by atoms with E-state index in [1.165, 1.54) is 12.5 Å². The van der Waals surface area contributed by atoms with Crippen molar-refractivity contribution >= 4 is 28.2 Å². The van der Waals surface area contributed by atoms with Gasteiger partial charge in [-0.1, -0.05) is 30.3 Å². The average Bonchev–Trinajstić information content (AvgIpc) is 2.72. The minimum atomic E-state index is -0.248. The van der Waals surface area contributed by atoms with Gasteiger partial charge in [0, 0.05) is 16.8 Å². The van der Waals surface area contributed by atoms with Crippen molar-refractivity contribution in [3.63, 3.8) is 0 Å². The average molecular weight is 391 g/mol. The zero-order chi connectivity index (χ0) is 21.0. The van der Waals surface area contributed by atoms with Crippen molar-refractivity contribution in [3.05, 3.63) is 71.8 Å². The smallest absolute Gasteiger partial charge is 0.282 e. The van der Waals surface area contributed by atoms with Crippen LogP contribution in [0.1, 0.15) is 29.8 Å². The Morgan fingerprint density at radius 2 is 1.76 bits per heavy atom. The second-order valence-corrected chi connectivity index (χ2v) is 7.42. The Labute approximate surface area is 171 Å². The van der Waals surface area contributed by atoms with Gasteiger partial charge in [0.2, 0.25) is 0 Å². The second-order valence-electron chi connectivity index (χ2n) is 7.42. The molecule has 1 unspecified atom stereocenters. The van der Waals surface area contributed by atoms with Crippen molar-refractivity contribution < 1.29 is 19.2 Å². The molecule has 0 saturated heterocycles. The van der Waals surface area contributed by atoms with E-state index >= 15 is 0 Å². The number of ketones is 1. The van der Waals surface area contributed by atoms with Crippen LogP contribution in [0.3, 0.4) is 0 Å². The maximum Gasteiger partial charge on any atom is 0.282 e. The van der Waals surface area contributed by atoms with E-state index in [0.29, 0.717) is 11.3 Å². The van der Waals surface area contributed by atoms with Gasteiger partial charge in [0.15, 0.2) is 11.8 Å². The molecule has 1 amide bonds. The van der Waals surface area contributed by atoms with Crippen LogP contribution in [0.2, 0.25) is 0 Å². The van der Waals surface area contributed by atoms with Crippen molar-refractivity contribution in [3.8, 4) is 5.75 Å². The van der Waals surface area contributed by atoms with Crippen molar-refractivity contribution in [2.24, 2.45) is 0 Å². The van der Waals surface area contributed by atoms with E-state index in [0.717, 1.165) is 28.0 Å². The number of benzene rings is 3. The standard InChI is InChI=1S/C24H26N2O3/c1-16(24(28)25-22-7-5-6-19(13-22)17(2)27)26(3)15-18-8-9-21-14-23(29-4)11-10-20(21)12-18/h5-14,16H,15H2,1-4H3,(H,25,28)/p+1/t16-/m1/s1. The number of hydrogen-bond acceptors (Lipinski definition) is 3. The lowest BCUT2D eigenvalue weighted by Gasteiger charge is -2.21. The SMILES string of the molecule is COc1ccc2cc(C[NH+](C)[C@H](C)C(=O)Nc3cccc(C(C)=O)c3)ccc2c1. The van der Waals surface area contributed by atoms with Gasteiger partial charge < -0.3 is 15.0 Å². The van der Waals surface area contributed by atoms with Crippen LogP contribution >= 0.6 is 0 Å². The predicted octanol–water partition coefficient (Wildman–Crippen LogP) is 3.09. The summed E-state index contributed by atoms with van der Waals surface area (Å²) in [6.45, 7) is 4.15. The number of carbonyl (C=O) groups is 2. The quantitative estimate of drug-likeness (QED) is 0.609. The first-order chi connectivity index (χ1) is 13.9. The summed E-state index contributed by atoms with van der Waals surface area (Å²) in [4.78, 5) is 25.3. The number of ether oxygens (including phenoxy) is 1. The van der Waals surface area contributed by atoms with Crippen LogP contribution in [-0.2, 0) is 11.3 Å². The summed E-state index contributed by atoms with van der Waals surface area (Å²) in [5, 5.41) is 5.19. The molecule has 2 atom stereocenters. The normalized spacial score (nSPS) is 13.0. The second kappa shape index (κ2) is 8.88. The number of amides is 1. The fourth-order valence-corrected chi connectivity index (χ4v) is 3.28. The third kappa shape index (κ3) is 5.00. The highest BCUT2D eigenvalue weighted by atomic mass is 16.5. The topological polar surface area (TPSA) is 59.8 Å². The maximum atomic E-state index is 12.7. The molecular weight excluding hydrogens is 364 g/mol. The minimum absolute atomic E-state index is 0.0224. The molecule has 5 nitrogen and oxygen atoms in total. The summed E-state index contributed by atoms with van der Waals surface area (Å²) in [7, 11) is 3.67. The van der Waals surface area contributed by atoms with Gasteiger partial charge in [-0.2, -0.15) is 0 Å². The summed E-state index contributed by atoms with van der Waals surface area (Å²) in [6.07, 6.45) is 0. The number of nitrogens with one attached hydrogen (secondary N) is 2. The molecule has 2 N–H and O–H groups in total. The van der Waals surface area contributed by atoms with Gasteiger partial charge in [-0.15, -0.1) is 0 Å². The largest absolute Gasteiger partial charge is 0.497 e. The summed E-state index contributed by atoms with van der Waals surface area (Å²) in [6, 6.07) is 19.1. The molecule has 0 aliphatic heterocycles. The Morgan fingerprint density at radius 1 is 1.03 bits per heavy atom. The molecule has 3 aromatic carbocycles. The molecule has 3 aromatic rings. The fourth-order valence-electron chi connectivity index (χ4n) is 3.28. The van der Waals surface area contributed by atoms with Crippen LogP contribution in [-0.4, -0.2) is 31.9 Å². The molecule has 0 aliphatic rings. The number of likely N-dealkylation sites (N-methyl/N-ethyl adjacent to an activating group) is 1. The number of quaternary nitrogens is 1. The minimum Gasteiger partial charge on any atom is -0.497 e. The molecule has 0 spiro atoms. The van der Waals surface area contributed by atoms with E-state index in [4.69, 9.17) is 4.74 Å². The van der Waals surface area contributed by atoms with Crippen LogP contribution in [0.25, 0.3) is 10.8 Å². The number of rotatable bonds is 7. The molecular formula is C24H27N2O3+. The predicted molar refractivity (Wildman–Crippen MR) is 116 cm³/mol. The van der Waals surface area contributed by atoms with E-state index < -0.39 is 0 Å². The van der Waals surface area contributed by atoms with Crippen LogP contribution in [0.15, 0.2) is 60.7 Å². The zero-order valence-corrected chi connectivity index (χ0v) is 17.3. The highest BCUT2D eigenvalue weighted by molar-refractivity contribution is 5.98. The molecule has 0 radical (unpaired) electrons. The number of methoxy groups -OCH3 is 1. The molecule has 150 valence electrons. The van der Waals surface area contributed by atoms with Gasteiger partial charge in [0.25, 0.3) is 5.91 Å².